The van der Waals surface area contributed by atoms with Crippen LogP contribution in [0.3, 0.4) is 0 Å². The number of carboxylic acid groups (broad SMARTS) is 1. The smallest absolute Gasteiger partial charge is 0.304 e. The number of hydrogen-bond donors (Lipinski definition) is 1. The van der Waals surface area contributed by atoms with Gasteiger partial charge in [-0.15, -0.1) is 0 Å². The zero-order chi connectivity index (χ0) is 13.8. The van der Waals surface area contributed by atoms with Crippen molar-refractivity contribution in [2.24, 2.45) is 0 Å². The summed E-state index contributed by atoms with van der Waals surface area (Å²) >= 11 is 0. The summed E-state index contributed by atoms with van der Waals surface area (Å²) in [5, 5.41) is 8.77. The number of nitrogens with zero attached hydrogens (tertiary/aromatic N) is 2. The van der Waals surface area contributed by atoms with E-state index in [1.165, 1.54) is 12.0 Å². The van der Waals surface area contributed by atoms with Crippen molar-refractivity contribution in [2.45, 2.75) is 25.8 Å². The van der Waals surface area contributed by atoms with Gasteiger partial charge in [0.15, 0.2) is 12.0 Å². The van der Waals surface area contributed by atoms with Gasteiger partial charge in [0, 0.05) is 12.6 Å². The van der Waals surface area contributed by atoms with Crippen molar-refractivity contribution in [1.82, 2.24) is 9.88 Å². The van der Waals surface area contributed by atoms with Crippen LogP contribution in [0.15, 0.2) is 29.0 Å². The summed E-state index contributed by atoms with van der Waals surface area (Å²) in [6, 6.07) is 5.99. The Hall–Kier alpha value is -1.88. The Bertz CT molecular complexity index is 565. The number of carbonyl (C=O) groups is 1. The van der Waals surface area contributed by atoms with Gasteiger partial charge in [0.05, 0.1) is 6.42 Å². The molecule has 0 bridgehead atoms. The predicted molar refractivity (Wildman–Crippen MR) is 72.1 cm³/mol. The molecule has 0 aliphatic carbocycles. The van der Waals surface area contributed by atoms with Gasteiger partial charge >= 0.3 is 5.97 Å². The van der Waals surface area contributed by atoms with Crippen LogP contribution in [0.2, 0.25) is 0 Å². The van der Waals surface area contributed by atoms with E-state index in [9.17, 15) is 4.79 Å². The van der Waals surface area contributed by atoms with Crippen molar-refractivity contribution in [3.63, 3.8) is 0 Å². The zero-order valence-electron chi connectivity index (χ0n) is 11.2. The highest BCUT2D eigenvalue weighted by molar-refractivity contribution is 5.72. The van der Waals surface area contributed by atoms with Gasteiger partial charge in [-0.1, -0.05) is 6.07 Å². The molecule has 0 aliphatic heterocycles. The largest absolute Gasteiger partial charge is 0.481 e. The van der Waals surface area contributed by atoms with Crippen molar-refractivity contribution in [1.29, 1.82) is 0 Å². The van der Waals surface area contributed by atoms with Crippen LogP contribution >= 0.6 is 0 Å². The maximum Gasteiger partial charge on any atom is 0.304 e. The number of aliphatic carboxylic acids is 1. The maximum absolute atomic E-state index is 10.7. The Labute approximate surface area is 111 Å². The molecule has 0 radical (unpaired) electrons. The first-order valence-corrected chi connectivity index (χ1v) is 6.30. The van der Waals surface area contributed by atoms with Crippen molar-refractivity contribution >= 4 is 17.1 Å². The minimum Gasteiger partial charge on any atom is -0.481 e. The van der Waals surface area contributed by atoms with E-state index in [0.717, 1.165) is 24.1 Å². The standard InChI is InChI=1S/C14H18N2O3/c1-10(7-14(17)18)16(2)6-5-11-3-4-12-13(8-11)19-9-15-12/h3-4,8-10H,5-7H2,1-2H3,(H,17,18). The van der Waals surface area contributed by atoms with Gasteiger partial charge in [-0.2, -0.15) is 0 Å². The fourth-order valence-electron chi connectivity index (χ4n) is 1.99. The van der Waals surface area contributed by atoms with E-state index < -0.39 is 5.97 Å². The molecule has 0 saturated heterocycles. The number of carboxylic acids is 1. The van der Waals surface area contributed by atoms with Crippen molar-refractivity contribution in [3.8, 4) is 0 Å². The van der Waals surface area contributed by atoms with E-state index in [0.29, 0.717) is 0 Å². The summed E-state index contributed by atoms with van der Waals surface area (Å²) in [7, 11) is 1.95. The van der Waals surface area contributed by atoms with Crippen LogP contribution in [0, 0.1) is 0 Å². The molecule has 2 rings (SSSR count). The van der Waals surface area contributed by atoms with Gasteiger partial charge in [0.2, 0.25) is 0 Å². The molecule has 1 N–H and O–H groups in total. The molecule has 2 aromatic rings. The van der Waals surface area contributed by atoms with E-state index >= 15 is 0 Å². The lowest BCUT2D eigenvalue weighted by atomic mass is 10.1. The van der Waals surface area contributed by atoms with Crippen LogP contribution in [0.4, 0.5) is 0 Å². The highest BCUT2D eigenvalue weighted by atomic mass is 16.4. The molecule has 0 spiro atoms. The fourth-order valence-corrected chi connectivity index (χ4v) is 1.99. The lowest BCUT2D eigenvalue weighted by Crippen LogP contribution is -2.32. The number of rotatable bonds is 6. The quantitative estimate of drug-likeness (QED) is 0.864. The summed E-state index contributed by atoms with van der Waals surface area (Å²) in [4.78, 5) is 16.8. The topological polar surface area (TPSA) is 66.6 Å². The summed E-state index contributed by atoms with van der Waals surface area (Å²) in [5.74, 6) is -0.762. The van der Waals surface area contributed by atoms with Crippen LogP contribution in [0.25, 0.3) is 11.1 Å². The molecule has 5 nitrogen and oxygen atoms in total. The second kappa shape index (κ2) is 5.84. The first-order chi connectivity index (χ1) is 9.06. The monoisotopic (exact) mass is 262 g/mol. The number of likely N-dealkylation sites (N-methyl/N-ethyl adjacent to an activating group) is 1. The van der Waals surface area contributed by atoms with Gasteiger partial charge in [0.25, 0.3) is 0 Å². The lowest BCUT2D eigenvalue weighted by molar-refractivity contribution is -0.138. The van der Waals surface area contributed by atoms with Crippen molar-refractivity contribution in [2.75, 3.05) is 13.6 Å². The number of fused-ring (bicyclic) bond motifs is 1. The molecule has 1 unspecified atom stereocenters. The number of oxazole rings is 1. The number of aromatic nitrogens is 1. The number of hydrogen-bond acceptors (Lipinski definition) is 4. The van der Waals surface area contributed by atoms with Gasteiger partial charge in [-0.25, -0.2) is 4.98 Å². The Morgan fingerprint density at radius 1 is 1.53 bits per heavy atom. The first-order valence-electron chi connectivity index (χ1n) is 6.30. The molecule has 0 saturated carbocycles. The Balaban J connectivity index is 1.92. The molecule has 0 fully saturated rings. The predicted octanol–water partition coefficient (Wildman–Crippen LogP) is 2.17. The normalized spacial score (nSPS) is 13.0. The molecular weight excluding hydrogens is 244 g/mol. The third-order valence-electron chi connectivity index (χ3n) is 3.37. The highest BCUT2D eigenvalue weighted by Gasteiger charge is 2.12. The van der Waals surface area contributed by atoms with Gasteiger partial charge < -0.3 is 14.4 Å². The SMILES string of the molecule is CC(CC(=O)O)N(C)CCc1ccc2ncoc2c1. The van der Waals surface area contributed by atoms with E-state index in [1.54, 1.807) is 0 Å². The maximum atomic E-state index is 10.7. The van der Waals surface area contributed by atoms with E-state index in [2.05, 4.69) is 9.88 Å². The summed E-state index contributed by atoms with van der Waals surface area (Å²) in [6.07, 6.45) is 2.46. The van der Waals surface area contributed by atoms with Gasteiger partial charge in [0.1, 0.15) is 5.52 Å². The molecule has 0 aliphatic rings. The fraction of sp³-hybridized carbons (Fsp3) is 0.429. The molecule has 102 valence electrons. The van der Waals surface area contributed by atoms with Crippen molar-refractivity contribution in [3.05, 3.63) is 30.2 Å². The van der Waals surface area contributed by atoms with Crippen LogP contribution in [0.1, 0.15) is 18.9 Å². The molecule has 0 amide bonds. The Morgan fingerprint density at radius 2 is 2.32 bits per heavy atom. The van der Waals surface area contributed by atoms with E-state index in [-0.39, 0.29) is 12.5 Å². The summed E-state index contributed by atoms with van der Waals surface area (Å²) < 4.78 is 5.26. The van der Waals surface area contributed by atoms with Crippen molar-refractivity contribution < 1.29 is 14.3 Å². The van der Waals surface area contributed by atoms with Gasteiger partial charge in [-0.3, -0.25) is 4.79 Å². The van der Waals surface area contributed by atoms with Crippen LogP contribution in [-0.2, 0) is 11.2 Å². The third-order valence-corrected chi connectivity index (χ3v) is 3.37. The number of benzene rings is 1. The zero-order valence-corrected chi connectivity index (χ0v) is 11.2. The van der Waals surface area contributed by atoms with Crippen LogP contribution < -0.4 is 0 Å². The summed E-state index contributed by atoms with van der Waals surface area (Å²) in [6.45, 7) is 2.74. The lowest BCUT2D eigenvalue weighted by Gasteiger charge is -2.23. The minimum absolute atomic E-state index is 0.0338. The second-order valence-corrected chi connectivity index (χ2v) is 4.83. The molecule has 1 aromatic carbocycles. The minimum atomic E-state index is -0.762. The van der Waals surface area contributed by atoms with E-state index in [1.807, 2.05) is 32.2 Å². The van der Waals surface area contributed by atoms with Gasteiger partial charge in [-0.05, 0) is 38.1 Å². The second-order valence-electron chi connectivity index (χ2n) is 4.83. The Kier molecular flexibility index (Phi) is 4.16. The van der Waals surface area contributed by atoms with E-state index in [4.69, 9.17) is 9.52 Å². The molecular formula is C14H18N2O3. The third kappa shape index (κ3) is 3.54. The Morgan fingerprint density at radius 3 is 3.05 bits per heavy atom. The average Bonchev–Trinajstić information content (AvgIpc) is 2.82. The molecule has 5 heteroatoms. The summed E-state index contributed by atoms with van der Waals surface area (Å²) in [5.41, 5.74) is 2.81. The molecule has 1 atom stereocenters. The molecule has 1 aromatic heterocycles. The molecule has 1 heterocycles. The first kappa shape index (κ1) is 13.5. The van der Waals surface area contributed by atoms with Crippen LogP contribution in [-0.4, -0.2) is 40.6 Å². The highest BCUT2D eigenvalue weighted by Crippen LogP contribution is 2.15. The average molecular weight is 262 g/mol. The van der Waals surface area contributed by atoms with Crippen LogP contribution in [0.5, 0.6) is 0 Å². The molecule has 19 heavy (non-hydrogen) atoms.